The van der Waals surface area contributed by atoms with Crippen molar-refractivity contribution in [1.29, 1.82) is 0 Å². The van der Waals surface area contributed by atoms with Crippen molar-refractivity contribution in [2.75, 3.05) is 26.3 Å². The summed E-state index contributed by atoms with van der Waals surface area (Å²) in [6.07, 6.45) is 1.43. The van der Waals surface area contributed by atoms with Crippen LogP contribution >= 0.6 is 11.6 Å². The molecule has 0 bridgehead atoms. The van der Waals surface area contributed by atoms with Crippen molar-refractivity contribution in [2.45, 2.75) is 31.0 Å². The van der Waals surface area contributed by atoms with E-state index in [1.165, 1.54) is 12.1 Å². The minimum atomic E-state index is -0.686. The molecule has 2 saturated heterocycles. The predicted octanol–water partition coefficient (Wildman–Crippen LogP) is 1.43. The highest BCUT2D eigenvalue weighted by Crippen LogP contribution is 2.25. The summed E-state index contributed by atoms with van der Waals surface area (Å²) in [5.74, 6) is -1.13. The number of nitrogens with one attached hydrogen (secondary N) is 1. The van der Waals surface area contributed by atoms with E-state index < -0.39 is 11.7 Å². The van der Waals surface area contributed by atoms with Gasteiger partial charge in [-0.25, -0.2) is 4.39 Å². The number of nitrogens with zero attached hydrogens (tertiary/aromatic N) is 1. The molecule has 1 amide bonds. The number of hydrogen-bond acceptors (Lipinski definition) is 4. The molecule has 2 N–H and O–H groups in total. The summed E-state index contributed by atoms with van der Waals surface area (Å²) >= 11 is 5.72. The smallest absolute Gasteiger partial charge is 0.254 e. The maximum absolute atomic E-state index is 13.9. The maximum atomic E-state index is 13.9. The number of aliphatic hydroxyl groups is 1. The Morgan fingerprint density at radius 3 is 3.09 bits per heavy atom. The summed E-state index contributed by atoms with van der Waals surface area (Å²) < 4.78 is 19.6. The number of carbonyl (C=O) groups excluding carboxylic acids is 1. The zero-order valence-corrected chi connectivity index (χ0v) is 13.4. The quantitative estimate of drug-likeness (QED) is 0.869. The summed E-state index contributed by atoms with van der Waals surface area (Å²) in [6.45, 7) is 2.17. The summed E-state index contributed by atoms with van der Waals surface area (Å²) in [5.41, 5.74) is -0.0308. The van der Waals surface area contributed by atoms with E-state index in [1.807, 2.05) is 0 Å². The lowest BCUT2D eigenvalue weighted by Gasteiger charge is -2.34. The molecule has 126 valence electrons. The van der Waals surface area contributed by atoms with Gasteiger partial charge in [0.05, 0.1) is 23.3 Å². The molecule has 23 heavy (non-hydrogen) atoms. The fourth-order valence-corrected chi connectivity index (χ4v) is 3.48. The van der Waals surface area contributed by atoms with Crippen LogP contribution in [0.15, 0.2) is 18.2 Å². The van der Waals surface area contributed by atoms with Crippen molar-refractivity contribution in [2.24, 2.45) is 0 Å². The van der Waals surface area contributed by atoms with E-state index in [-0.39, 0.29) is 35.4 Å². The molecule has 0 saturated carbocycles. The van der Waals surface area contributed by atoms with Crippen LogP contribution in [0.5, 0.6) is 0 Å². The largest absolute Gasteiger partial charge is 0.396 e. The lowest BCUT2D eigenvalue weighted by molar-refractivity contribution is -0.0566. The minimum Gasteiger partial charge on any atom is -0.396 e. The molecule has 0 unspecified atom stereocenters. The number of hydrogen-bond donors (Lipinski definition) is 2. The normalized spacial score (nSPS) is 27.7. The Morgan fingerprint density at radius 2 is 2.30 bits per heavy atom. The van der Waals surface area contributed by atoms with Gasteiger partial charge in [0.15, 0.2) is 5.82 Å². The summed E-state index contributed by atoms with van der Waals surface area (Å²) in [4.78, 5) is 14.5. The Balaban J connectivity index is 1.60. The molecule has 3 atom stereocenters. The second kappa shape index (κ2) is 7.13. The topological polar surface area (TPSA) is 61.8 Å². The van der Waals surface area contributed by atoms with Crippen LogP contribution in [-0.4, -0.2) is 60.4 Å². The molecule has 2 fully saturated rings. The lowest BCUT2D eigenvalue weighted by atomic mass is 10.1. The summed E-state index contributed by atoms with van der Waals surface area (Å²) in [7, 11) is 0. The average molecular weight is 343 g/mol. The molecule has 0 aliphatic carbocycles. The van der Waals surface area contributed by atoms with E-state index in [4.69, 9.17) is 21.4 Å². The summed E-state index contributed by atoms with van der Waals surface area (Å²) in [5, 5.41) is 11.8. The van der Waals surface area contributed by atoms with Gasteiger partial charge in [0.25, 0.3) is 5.91 Å². The Kier molecular flexibility index (Phi) is 5.16. The lowest BCUT2D eigenvalue weighted by Crippen LogP contribution is -2.46. The first-order chi connectivity index (χ1) is 11.1. The highest BCUT2D eigenvalue weighted by atomic mass is 35.5. The number of amides is 1. The molecule has 5 nitrogen and oxygen atoms in total. The maximum Gasteiger partial charge on any atom is 0.254 e. The number of benzene rings is 1. The van der Waals surface area contributed by atoms with Crippen LogP contribution < -0.4 is 5.32 Å². The molecule has 2 heterocycles. The third-order valence-corrected chi connectivity index (χ3v) is 4.76. The highest BCUT2D eigenvalue weighted by molar-refractivity contribution is 6.31. The molecule has 2 aliphatic rings. The number of rotatable bonds is 4. The fraction of sp³-hybridized carbons (Fsp3) is 0.562. The third-order valence-electron chi connectivity index (χ3n) is 4.47. The fourth-order valence-electron chi connectivity index (χ4n) is 3.31. The van der Waals surface area contributed by atoms with Gasteiger partial charge in [0.1, 0.15) is 0 Å². The Bertz CT molecular complexity index is 586. The molecule has 7 heteroatoms. The molecule has 0 radical (unpaired) electrons. The molecular weight excluding hydrogens is 323 g/mol. The predicted molar refractivity (Wildman–Crippen MR) is 84.1 cm³/mol. The number of morpholine rings is 1. The van der Waals surface area contributed by atoms with Gasteiger partial charge in [0.2, 0.25) is 0 Å². The molecule has 3 rings (SSSR count). The highest BCUT2D eigenvalue weighted by Gasteiger charge is 2.37. The van der Waals surface area contributed by atoms with Crippen molar-refractivity contribution in [3.63, 3.8) is 0 Å². The van der Waals surface area contributed by atoms with Gasteiger partial charge < -0.3 is 15.2 Å². The van der Waals surface area contributed by atoms with Gasteiger partial charge in [0, 0.05) is 31.8 Å². The van der Waals surface area contributed by atoms with Crippen molar-refractivity contribution in [1.82, 2.24) is 10.2 Å². The van der Waals surface area contributed by atoms with E-state index >= 15 is 0 Å². The van der Waals surface area contributed by atoms with Crippen LogP contribution in [0.4, 0.5) is 4.39 Å². The standard InChI is InChI=1S/C16H20ClFN2O3/c17-14-3-1-2-13(15(14)18)16(22)19-10-6-11-9-23-12(4-5-21)8-20(11)7-10/h1-3,10-12,21H,4-9H2,(H,19,22)/t10-,11-,12-/m0/s1. The molecule has 2 aliphatic heterocycles. The Labute approximate surface area is 139 Å². The van der Waals surface area contributed by atoms with E-state index in [0.717, 1.165) is 13.0 Å². The number of carbonyl (C=O) groups is 1. The van der Waals surface area contributed by atoms with Gasteiger partial charge >= 0.3 is 0 Å². The van der Waals surface area contributed by atoms with E-state index in [2.05, 4.69) is 10.2 Å². The van der Waals surface area contributed by atoms with E-state index in [1.54, 1.807) is 6.07 Å². The first-order valence-corrected chi connectivity index (χ1v) is 8.17. The zero-order valence-electron chi connectivity index (χ0n) is 12.7. The molecular formula is C16H20ClFN2O3. The minimum absolute atomic E-state index is 0.0308. The summed E-state index contributed by atoms with van der Waals surface area (Å²) in [6, 6.07) is 4.63. The second-order valence-corrected chi connectivity index (χ2v) is 6.49. The first-order valence-electron chi connectivity index (χ1n) is 7.80. The van der Waals surface area contributed by atoms with Crippen molar-refractivity contribution in [3.05, 3.63) is 34.6 Å². The zero-order chi connectivity index (χ0) is 16.4. The van der Waals surface area contributed by atoms with Gasteiger partial charge in [-0.15, -0.1) is 0 Å². The van der Waals surface area contributed by atoms with Crippen LogP contribution in [0.2, 0.25) is 5.02 Å². The van der Waals surface area contributed by atoms with E-state index in [0.29, 0.717) is 19.6 Å². The van der Waals surface area contributed by atoms with E-state index in [9.17, 15) is 9.18 Å². The molecule has 1 aromatic rings. The van der Waals surface area contributed by atoms with Gasteiger partial charge in [-0.2, -0.15) is 0 Å². The second-order valence-electron chi connectivity index (χ2n) is 6.08. The number of fused-ring (bicyclic) bond motifs is 1. The third kappa shape index (κ3) is 3.66. The first kappa shape index (κ1) is 16.6. The van der Waals surface area contributed by atoms with Crippen LogP contribution in [0, 0.1) is 5.82 Å². The molecule has 1 aromatic carbocycles. The number of ether oxygens (including phenoxy) is 1. The van der Waals surface area contributed by atoms with Crippen molar-refractivity contribution >= 4 is 17.5 Å². The van der Waals surface area contributed by atoms with Crippen LogP contribution in [0.3, 0.4) is 0 Å². The molecule has 0 aromatic heterocycles. The average Bonchev–Trinajstić information content (AvgIpc) is 2.91. The van der Waals surface area contributed by atoms with Gasteiger partial charge in [-0.3, -0.25) is 9.69 Å². The van der Waals surface area contributed by atoms with Crippen LogP contribution in [0.1, 0.15) is 23.2 Å². The number of halogens is 2. The monoisotopic (exact) mass is 342 g/mol. The van der Waals surface area contributed by atoms with Crippen molar-refractivity contribution < 1.29 is 19.0 Å². The van der Waals surface area contributed by atoms with Gasteiger partial charge in [-0.1, -0.05) is 17.7 Å². The molecule has 0 spiro atoms. The SMILES string of the molecule is O=C(N[C@H]1C[C@H]2CO[C@@H](CCO)CN2C1)c1cccc(Cl)c1F. The van der Waals surface area contributed by atoms with Crippen LogP contribution in [0.25, 0.3) is 0 Å². The van der Waals surface area contributed by atoms with Crippen LogP contribution in [-0.2, 0) is 4.74 Å². The Morgan fingerprint density at radius 1 is 1.48 bits per heavy atom. The van der Waals surface area contributed by atoms with Gasteiger partial charge in [-0.05, 0) is 25.0 Å². The Hall–Kier alpha value is -1.21. The number of aliphatic hydroxyl groups excluding tert-OH is 1. The van der Waals surface area contributed by atoms with Crippen molar-refractivity contribution in [3.8, 4) is 0 Å².